The maximum absolute atomic E-state index is 12.4. The molecule has 4 nitrogen and oxygen atoms in total. The first-order valence-electron chi connectivity index (χ1n) is 8.13. The van der Waals surface area contributed by atoms with E-state index in [1.54, 1.807) is 0 Å². The number of hydrogen-bond donors (Lipinski definition) is 2. The quantitative estimate of drug-likeness (QED) is 0.727. The summed E-state index contributed by atoms with van der Waals surface area (Å²) in [6.07, 6.45) is 1.22. The van der Waals surface area contributed by atoms with Gasteiger partial charge in [0.05, 0.1) is 11.0 Å². The number of nitrogens with zero attached hydrogens (tertiary/aromatic N) is 1. The summed E-state index contributed by atoms with van der Waals surface area (Å²) in [5.41, 5.74) is 5.76. The Kier molecular flexibility index (Phi) is 2.70. The van der Waals surface area contributed by atoms with E-state index in [-0.39, 0.29) is 5.56 Å². The first kappa shape index (κ1) is 13.0. The van der Waals surface area contributed by atoms with Crippen LogP contribution in [0.1, 0.15) is 29.4 Å². The molecular formula is C19H17N3O. The Hall–Kier alpha value is -2.46. The summed E-state index contributed by atoms with van der Waals surface area (Å²) < 4.78 is 0. The van der Waals surface area contributed by atoms with E-state index in [4.69, 9.17) is 0 Å². The molecule has 1 fully saturated rings. The van der Waals surface area contributed by atoms with Crippen LogP contribution < -0.4 is 10.9 Å². The van der Waals surface area contributed by atoms with Crippen LogP contribution in [0, 0.1) is 0 Å². The second kappa shape index (κ2) is 4.77. The fourth-order valence-electron chi connectivity index (χ4n) is 4.08. The minimum atomic E-state index is -0.122. The summed E-state index contributed by atoms with van der Waals surface area (Å²) in [7, 11) is 0. The van der Waals surface area contributed by atoms with Gasteiger partial charge in [-0.15, -0.1) is 0 Å². The second-order valence-corrected chi connectivity index (χ2v) is 6.57. The summed E-state index contributed by atoms with van der Waals surface area (Å²) in [4.78, 5) is 20.1. The Morgan fingerprint density at radius 2 is 1.74 bits per heavy atom. The predicted molar refractivity (Wildman–Crippen MR) is 90.8 cm³/mol. The summed E-state index contributed by atoms with van der Waals surface area (Å²) >= 11 is 0. The van der Waals surface area contributed by atoms with Crippen molar-refractivity contribution in [3.8, 4) is 11.3 Å². The molecule has 1 aliphatic heterocycles. The van der Waals surface area contributed by atoms with Crippen molar-refractivity contribution >= 4 is 11.0 Å². The molecule has 23 heavy (non-hydrogen) atoms. The number of nitrogens with one attached hydrogen (secondary N) is 2. The number of hydrogen-bond acceptors (Lipinski definition) is 3. The van der Waals surface area contributed by atoms with E-state index >= 15 is 0 Å². The lowest BCUT2D eigenvalue weighted by Gasteiger charge is -2.19. The van der Waals surface area contributed by atoms with Crippen LogP contribution in [0.25, 0.3) is 22.3 Å². The molecule has 2 bridgehead atoms. The standard InChI is InChI=1S/C19H17N3O/c23-19-18(11-4-2-1-3-5-11)21-16-7-14-12-6-13(10-20-9-12)15(14)8-17(16)22-19/h1-5,7-8,12-13,20H,6,9-10H2,(H,22,23). The van der Waals surface area contributed by atoms with Crippen molar-refractivity contribution in [2.45, 2.75) is 18.3 Å². The van der Waals surface area contributed by atoms with Gasteiger partial charge in [0.25, 0.3) is 5.56 Å². The van der Waals surface area contributed by atoms with Crippen molar-refractivity contribution in [2.24, 2.45) is 0 Å². The number of aromatic amines is 1. The number of aromatic nitrogens is 2. The van der Waals surface area contributed by atoms with Gasteiger partial charge in [-0.1, -0.05) is 30.3 Å². The van der Waals surface area contributed by atoms with Gasteiger partial charge < -0.3 is 10.3 Å². The molecule has 114 valence electrons. The monoisotopic (exact) mass is 303 g/mol. The molecule has 2 N–H and O–H groups in total. The molecule has 2 aromatic carbocycles. The highest BCUT2D eigenvalue weighted by Gasteiger charge is 2.34. The fraction of sp³-hybridized carbons (Fsp3) is 0.263. The summed E-state index contributed by atoms with van der Waals surface area (Å²) in [5, 5.41) is 3.50. The molecule has 1 aromatic heterocycles. The Morgan fingerprint density at radius 1 is 1.00 bits per heavy atom. The summed E-state index contributed by atoms with van der Waals surface area (Å²) in [6, 6.07) is 14.0. The third-order valence-corrected chi connectivity index (χ3v) is 5.17. The van der Waals surface area contributed by atoms with Crippen LogP contribution >= 0.6 is 0 Å². The van der Waals surface area contributed by atoms with Crippen LogP contribution in [-0.4, -0.2) is 23.1 Å². The molecule has 0 spiro atoms. The number of fused-ring (bicyclic) bond motifs is 6. The van der Waals surface area contributed by atoms with Gasteiger partial charge in [0.15, 0.2) is 0 Å². The van der Waals surface area contributed by atoms with Gasteiger partial charge in [-0.2, -0.15) is 0 Å². The van der Waals surface area contributed by atoms with Crippen molar-refractivity contribution in [1.29, 1.82) is 0 Å². The van der Waals surface area contributed by atoms with E-state index in [9.17, 15) is 4.79 Å². The minimum Gasteiger partial charge on any atom is -0.319 e. The highest BCUT2D eigenvalue weighted by Crippen LogP contribution is 2.44. The lowest BCUT2D eigenvalue weighted by Crippen LogP contribution is -2.28. The van der Waals surface area contributed by atoms with E-state index in [1.165, 1.54) is 17.5 Å². The second-order valence-electron chi connectivity index (χ2n) is 6.57. The maximum atomic E-state index is 12.4. The van der Waals surface area contributed by atoms with Crippen molar-refractivity contribution in [3.63, 3.8) is 0 Å². The summed E-state index contributed by atoms with van der Waals surface area (Å²) in [6.45, 7) is 2.08. The lowest BCUT2D eigenvalue weighted by molar-refractivity contribution is 0.454. The normalized spacial score (nSPS) is 22.3. The average molecular weight is 303 g/mol. The zero-order valence-corrected chi connectivity index (χ0v) is 12.7. The number of piperidine rings is 1. The topological polar surface area (TPSA) is 57.8 Å². The van der Waals surface area contributed by atoms with Gasteiger partial charge in [0.2, 0.25) is 0 Å². The fourth-order valence-corrected chi connectivity index (χ4v) is 4.08. The Balaban J connectivity index is 1.74. The van der Waals surface area contributed by atoms with Crippen LogP contribution in [0.2, 0.25) is 0 Å². The van der Waals surface area contributed by atoms with E-state index < -0.39 is 0 Å². The number of rotatable bonds is 1. The molecule has 2 atom stereocenters. The molecule has 3 aromatic rings. The SMILES string of the molecule is O=c1[nH]c2cc3c(cc2nc1-c1ccccc1)C1CNCC3C1. The Labute approximate surface area is 133 Å². The highest BCUT2D eigenvalue weighted by atomic mass is 16.1. The molecule has 1 aliphatic carbocycles. The molecule has 4 heteroatoms. The third kappa shape index (κ3) is 1.95. The van der Waals surface area contributed by atoms with Crippen LogP contribution in [-0.2, 0) is 0 Å². The molecule has 0 amide bonds. The average Bonchev–Trinajstić information content (AvgIpc) is 2.83. The predicted octanol–water partition coefficient (Wildman–Crippen LogP) is 2.76. The molecular weight excluding hydrogens is 286 g/mol. The number of benzene rings is 2. The van der Waals surface area contributed by atoms with Crippen LogP contribution in [0.3, 0.4) is 0 Å². The van der Waals surface area contributed by atoms with Crippen LogP contribution in [0.5, 0.6) is 0 Å². The zero-order chi connectivity index (χ0) is 15.4. The molecule has 1 saturated heterocycles. The number of H-pyrrole nitrogens is 1. The van der Waals surface area contributed by atoms with Gasteiger partial charge in [0, 0.05) is 18.7 Å². The minimum absolute atomic E-state index is 0.122. The molecule has 2 heterocycles. The van der Waals surface area contributed by atoms with Crippen LogP contribution in [0.15, 0.2) is 47.3 Å². The zero-order valence-electron chi connectivity index (χ0n) is 12.7. The Bertz CT molecular complexity index is 962. The highest BCUT2D eigenvalue weighted by molar-refractivity contribution is 5.79. The third-order valence-electron chi connectivity index (χ3n) is 5.17. The molecule has 0 saturated carbocycles. The Morgan fingerprint density at radius 3 is 2.52 bits per heavy atom. The van der Waals surface area contributed by atoms with Gasteiger partial charge in [0.1, 0.15) is 5.69 Å². The van der Waals surface area contributed by atoms with E-state index in [2.05, 4.69) is 27.4 Å². The van der Waals surface area contributed by atoms with E-state index in [0.29, 0.717) is 17.5 Å². The van der Waals surface area contributed by atoms with Crippen molar-refractivity contribution in [3.05, 3.63) is 63.9 Å². The van der Waals surface area contributed by atoms with Gasteiger partial charge >= 0.3 is 0 Å². The van der Waals surface area contributed by atoms with Gasteiger partial charge in [-0.3, -0.25) is 4.79 Å². The van der Waals surface area contributed by atoms with Gasteiger partial charge in [-0.05, 0) is 41.5 Å². The lowest BCUT2D eigenvalue weighted by atomic mass is 9.98. The van der Waals surface area contributed by atoms with Crippen molar-refractivity contribution in [1.82, 2.24) is 15.3 Å². The van der Waals surface area contributed by atoms with E-state index in [1.807, 2.05) is 30.3 Å². The first-order chi connectivity index (χ1) is 11.3. The van der Waals surface area contributed by atoms with Crippen LogP contribution in [0.4, 0.5) is 0 Å². The van der Waals surface area contributed by atoms with Gasteiger partial charge in [-0.25, -0.2) is 4.98 Å². The molecule has 5 rings (SSSR count). The van der Waals surface area contributed by atoms with Crippen molar-refractivity contribution < 1.29 is 0 Å². The molecule has 0 radical (unpaired) electrons. The molecule has 2 aliphatic rings. The summed E-state index contributed by atoms with van der Waals surface area (Å²) in [5.74, 6) is 1.16. The largest absolute Gasteiger partial charge is 0.319 e. The maximum Gasteiger partial charge on any atom is 0.274 e. The first-order valence-corrected chi connectivity index (χ1v) is 8.13. The smallest absolute Gasteiger partial charge is 0.274 e. The van der Waals surface area contributed by atoms with Crippen molar-refractivity contribution in [2.75, 3.05) is 13.1 Å². The van der Waals surface area contributed by atoms with E-state index in [0.717, 1.165) is 29.7 Å². The molecule has 2 unspecified atom stereocenters.